The molecule has 0 aliphatic carbocycles. The maximum absolute atomic E-state index is 11.8. The highest BCUT2D eigenvalue weighted by Gasteiger charge is 2.30. The fraction of sp³-hybridized carbons (Fsp3) is 0.235. The number of fused-ring (bicyclic) bond motifs is 1. The summed E-state index contributed by atoms with van der Waals surface area (Å²) in [4.78, 5) is 13.5. The molecule has 0 bridgehead atoms. The summed E-state index contributed by atoms with van der Waals surface area (Å²) in [6.07, 6.45) is 0.839. The molecule has 4 nitrogen and oxygen atoms in total. The maximum Gasteiger partial charge on any atom is 0.315 e. The smallest absolute Gasteiger partial charge is 0.315 e. The van der Waals surface area contributed by atoms with Gasteiger partial charge in [0.05, 0.1) is 13.2 Å². The Hall–Kier alpha value is -2.49. The summed E-state index contributed by atoms with van der Waals surface area (Å²) in [5.41, 5.74) is 9.03. The molecule has 1 heterocycles. The van der Waals surface area contributed by atoms with Crippen LogP contribution in [0.1, 0.15) is 22.7 Å². The van der Waals surface area contributed by atoms with E-state index in [1.807, 2.05) is 36.4 Å². The lowest BCUT2D eigenvalue weighted by Crippen LogP contribution is -2.43. The second-order valence-corrected chi connectivity index (χ2v) is 5.16. The number of methoxy groups -OCH3 is 1. The van der Waals surface area contributed by atoms with Crippen LogP contribution < -0.4 is 10.5 Å². The second kappa shape index (κ2) is 5.48. The van der Waals surface area contributed by atoms with Crippen molar-refractivity contribution in [2.45, 2.75) is 12.5 Å². The first-order chi connectivity index (χ1) is 10.2. The molecule has 2 aromatic rings. The van der Waals surface area contributed by atoms with Gasteiger partial charge in [-0.15, -0.1) is 0 Å². The number of hydrogen-bond donors (Lipinski definition) is 1. The zero-order valence-corrected chi connectivity index (χ0v) is 12.0. The third-order valence-corrected chi connectivity index (χ3v) is 4.00. The first kappa shape index (κ1) is 13.5. The van der Waals surface area contributed by atoms with Crippen molar-refractivity contribution in [3.63, 3.8) is 0 Å². The van der Waals surface area contributed by atoms with E-state index in [1.165, 1.54) is 5.56 Å². The Morgan fingerprint density at radius 1 is 1.19 bits per heavy atom. The lowest BCUT2D eigenvalue weighted by molar-refractivity contribution is 0.190. The third kappa shape index (κ3) is 2.44. The normalized spacial score (nSPS) is 17.2. The average molecular weight is 282 g/mol. The molecule has 0 spiro atoms. The van der Waals surface area contributed by atoms with Gasteiger partial charge in [-0.1, -0.05) is 36.4 Å². The molecule has 4 heteroatoms. The highest BCUT2D eigenvalue weighted by molar-refractivity contribution is 5.74. The van der Waals surface area contributed by atoms with E-state index in [2.05, 4.69) is 12.1 Å². The van der Waals surface area contributed by atoms with Crippen molar-refractivity contribution in [3.8, 4) is 5.75 Å². The van der Waals surface area contributed by atoms with Gasteiger partial charge in [0.15, 0.2) is 0 Å². The molecule has 2 amide bonds. The average Bonchev–Trinajstić information content (AvgIpc) is 2.53. The molecule has 2 N–H and O–H groups in total. The molecule has 0 saturated heterocycles. The highest BCUT2D eigenvalue weighted by atomic mass is 16.5. The Morgan fingerprint density at radius 3 is 2.57 bits per heavy atom. The van der Waals surface area contributed by atoms with Gasteiger partial charge in [0.1, 0.15) is 5.75 Å². The van der Waals surface area contributed by atoms with Gasteiger partial charge in [0.2, 0.25) is 0 Å². The predicted molar refractivity (Wildman–Crippen MR) is 81.3 cm³/mol. The van der Waals surface area contributed by atoms with E-state index in [0.717, 1.165) is 23.3 Å². The van der Waals surface area contributed by atoms with Crippen molar-refractivity contribution in [2.75, 3.05) is 13.7 Å². The van der Waals surface area contributed by atoms with Gasteiger partial charge in [-0.2, -0.15) is 0 Å². The van der Waals surface area contributed by atoms with Crippen molar-refractivity contribution in [2.24, 2.45) is 5.73 Å². The number of benzene rings is 2. The van der Waals surface area contributed by atoms with Gasteiger partial charge in [-0.25, -0.2) is 4.79 Å². The molecule has 0 radical (unpaired) electrons. The van der Waals surface area contributed by atoms with Crippen molar-refractivity contribution in [3.05, 3.63) is 65.2 Å². The third-order valence-electron chi connectivity index (χ3n) is 4.00. The Morgan fingerprint density at radius 2 is 1.90 bits per heavy atom. The molecule has 21 heavy (non-hydrogen) atoms. The van der Waals surface area contributed by atoms with E-state index >= 15 is 0 Å². The van der Waals surface area contributed by atoms with Crippen LogP contribution in [-0.2, 0) is 6.42 Å². The van der Waals surface area contributed by atoms with Crippen LogP contribution in [0.3, 0.4) is 0 Å². The van der Waals surface area contributed by atoms with Crippen molar-refractivity contribution in [1.82, 2.24) is 4.90 Å². The number of carbonyl (C=O) groups is 1. The summed E-state index contributed by atoms with van der Waals surface area (Å²) in [6.45, 7) is 0.642. The summed E-state index contributed by atoms with van der Waals surface area (Å²) in [7, 11) is 1.64. The first-order valence-electron chi connectivity index (χ1n) is 6.98. The van der Waals surface area contributed by atoms with Gasteiger partial charge in [0.25, 0.3) is 0 Å². The molecular weight excluding hydrogens is 264 g/mol. The SMILES string of the molecule is COc1ccc(C2c3ccccc3CCN2C(N)=O)cc1. The van der Waals surface area contributed by atoms with E-state index in [1.54, 1.807) is 12.0 Å². The van der Waals surface area contributed by atoms with E-state index < -0.39 is 0 Å². The molecule has 1 aliphatic heterocycles. The number of ether oxygens (including phenoxy) is 1. The molecule has 0 aromatic heterocycles. The van der Waals surface area contributed by atoms with Crippen LogP contribution in [0, 0.1) is 0 Å². The Labute approximate surface area is 124 Å². The van der Waals surface area contributed by atoms with E-state index in [0.29, 0.717) is 6.54 Å². The minimum Gasteiger partial charge on any atom is -0.497 e. The predicted octanol–water partition coefficient (Wildman–Crippen LogP) is 2.72. The van der Waals surface area contributed by atoms with E-state index in [9.17, 15) is 4.79 Å². The topological polar surface area (TPSA) is 55.6 Å². The molecule has 1 unspecified atom stereocenters. The monoisotopic (exact) mass is 282 g/mol. The molecule has 108 valence electrons. The minimum absolute atomic E-state index is 0.127. The summed E-state index contributed by atoms with van der Waals surface area (Å²) >= 11 is 0. The second-order valence-electron chi connectivity index (χ2n) is 5.16. The van der Waals surface area contributed by atoms with E-state index in [4.69, 9.17) is 10.5 Å². The number of carbonyl (C=O) groups excluding carboxylic acids is 1. The summed E-state index contributed by atoms with van der Waals surface area (Å²) in [5.74, 6) is 0.800. The number of urea groups is 1. The fourth-order valence-electron chi connectivity index (χ4n) is 2.95. The maximum atomic E-state index is 11.8. The minimum atomic E-state index is -0.384. The summed E-state index contributed by atoms with van der Waals surface area (Å²) < 4.78 is 5.20. The van der Waals surface area contributed by atoms with Gasteiger partial charge in [0, 0.05) is 6.54 Å². The zero-order chi connectivity index (χ0) is 14.8. The number of nitrogens with two attached hydrogens (primary N) is 1. The molecule has 1 atom stereocenters. The lowest BCUT2D eigenvalue weighted by Gasteiger charge is -2.36. The molecule has 1 aliphatic rings. The van der Waals surface area contributed by atoms with Crippen molar-refractivity contribution >= 4 is 6.03 Å². The number of amides is 2. The van der Waals surface area contributed by atoms with Gasteiger partial charge < -0.3 is 15.4 Å². The van der Waals surface area contributed by atoms with Gasteiger partial charge in [-0.3, -0.25) is 0 Å². The van der Waals surface area contributed by atoms with Gasteiger partial charge in [-0.05, 0) is 35.2 Å². The van der Waals surface area contributed by atoms with Crippen LogP contribution >= 0.6 is 0 Å². The van der Waals surface area contributed by atoms with Crippen LogP contribution in [0.15, 0.2) is 48.5 Å². The molecule has 3 rings (SSSR count). The molecule has 0 saturated carbocycles. The summed E-state index contributed by atoms with van der Waals surface area (Å²) in [6, 6.07) is 15.5. The number of rotatable bonds is 2. The lowest BCUT2D eigenvalue weighted by atomic mass is 9.88. The Bertz CT molecular complexity index is 652. The summed E-state index contributed by atoms with van der Waals surface area (Å²) in [5, 5.41) is 0. The van der Waals surface area contributed by atoms with Crippen molar-refractivity contribution in [1.29, 1.82) is 0 Å². The number of hydrogen-bond acceptors (Lipinski definition) is 2. The zero-order valence-electron chi connectivity index (χ0n) is 12.0. The van der Waals surface area contributed by atoms with Crippen LogP contribution in [-0.4, -0.2) is 24.6 Å². The van der Waals surface area contributed by atoms with Crippen LogP contribution in [0.2, 0.25) is 0 Å². The highest BCUT2D eigenvalue weighted by Crippen LogP contribution is 2.35. The van der Waals surface area contributed by atoms with Gasteiger partial charge >= 0.3 is 6.03 Å². The Balaban J connectivity index is 2.07. The molecule has 2 aromatic carbocycles. The van der Waals surface area contributed by atoms with Crippen molar-refractivity contribution < 1.29 is 9.53 Å². The fourth-order valence-corrected chi connectivity index (χ4v) is 2.95. The molecular formula is C17H18N2O2. The van der Waals surface area contributed by atoms with Crippen LogP contribution in [0.5, 0.6) is 5.75 Å². The largest absolute Gasteiger partial charge is 0.497 e. The van der Waals surface area contributed by atoms with E-state index in [-0.39, 0.29) is 12.1 Å². The molecule has 0 fully saturated rings. The first-order valence-corrected chi connectivity index (χ1v) is 6.98. The quantitative estimate of drug-likeness (QED) is 0.920. The number of primary amides is 1. The number of nitrogens with zero attached hydrogens (tertiary/aromatic N) is 1. The standard InChI is InChI=1S/C17H18N2O2/c1-21-14-8-6-13(7-9-14)16-15-5-3-2-4-12(15)10-11-19(16)17(18)20/h2-9,16H,10-11H2,1H3,(H2,18,20). The van der Waals surface area contributed by atoms with Crippen LogP contribution in [0.4, 0.5) is 4.79 Å². The Kier molecular flexibility index (Phi) is 3.52. The van der Waals surface area contributed by atoms with Crippen LogP contribution in [0.25, 0.3) is 0 Å².